The van der Waals surface area contributed by atoms with Crippen LogP contribution in [0.5, 0.6) is 0 Å². The van der Waals surface area contributed by atoms with Crippen molar-refractivity contribution in [3.63, 3.8) is 0 Å². The summed E-state index contributed by atoms with van der Waals surface area (Å²) in [6.07, 6.45) is 12.6. The molecule has 2 rings (SSSR count). The number of nitrogens with zero attached hydrogens (tertiary/aromatic N) is 1. The van der Waals surface area contributed by atoms with Crippen molar-refractivity contribution in [1.82, 2.24) is 10.6 Å². The topological polar surface area (TPSA) is 27.0 Å². The third-order valence-electron chi connectivity index (χ3n) is 1.79. The highest BCUT2D eigenvalue weighted by Gasteiger charge is 2.10. The maximum atomic E-state index is 7.60. The standard InChI is InChI=1S/C9H9N2/c10-8-4-3-7-11-6-2-1-5-9(8)11/h1-3,5-7,10H,4H2. The molecule has 0 unspecified atom stereocenters. The van der Waals surface area contributed by atoms with Gasteiger partial charge in [-0.15, -0.1) is 0 Å². The van der Waals surface area contributed by atoms with Crippen LogP contribution in [0.15, 0.2) is 48.1 Å². The molecule has 0 atom stereocenters. The second-order valence-corrected chi connectivity index (χ2v) is 2.56. The van der Waals surface area contributed by atoms with Gasteiger partial charge in [-0.3, -0.25) is 0 Å². The third-order valence-corrected chi connectivity index (χ3v) is 1.79. The van der Waals surface area contributed by atoms with Crippen molar-refractivity contribution in [2.75, 3.05) is 0 Å². The molecule has 0 aromatic carbocycles. The molecule has 0 saturated carbocycles. The summed E-state index contributed by atoms with van der Waals surface area (Å²) in [5.41, 5.74) is 9.28. The lowest BCUT2D eigenvalue weighted by molar-refractivity contribution is 0.613. The number of hydrogen-bond acceptors (Lipinski definition) is 1. The Hall–Kier alpha value is -1.44. The normalized spacial score (nSPS) is 20.9. The van der Waals surface area contributed by atoms with Gasteiger partial charge in [-0.2, -0.15) is 0 Å². The van der Waals surface area contributed by atoms with Crippen LogP contribution in [0.25, 0.3) is 0 Å². The average molecular weight is 145 g/mol. The Morgan fingerprint density at radius 2 is 2.18 bits per heavy atom. The second-order valence-electron chi connectivity index (χ2n) is 2.56. The Kier molecular flexibility index (Phi) is 1.32. The molecule has 55 valence electrons. The van der Waals surface area contributed by atoms with E-state index in [1.165, 1.54) is 0 Å². The van der Waals surface area contributed by atoms with E-state index < -0.39 is 0 Å². The molecule has 0 spiro atoms. The zero-order valence-corrected chi connectivity index (χ0v) is 6.12. The van der Waals surface area contributed by atoms with E-state index >= 15 is 0 Å². The van der Waals surface area contributed by atoms with Gasteiger partial charge in [0.25, 0.3) is 0 Å². The van der Waals surface area contributed by atoms with Crippen LogP contribution in [-0.4, -0.2) is 4.90 Å². The summed E-state index contributed by atoms with van der Waals surface area (Å²) in [5, 5.41) is 0. The van der Waals surface area contributed by atoms with Crippen LogP contribution in [-0.2, 0) is 0 Å². The van der Waals surface area contributed by atoms with E-state index in [1.807, 2.05) is 41.6 Å². The molecule has 0 fully saturated rings. The van der Waals surface area contributed by atoms with Crippen molar-refractivity contribution in [3.05, 3.63) is 48.1 Å². The minimum Gasteiger partial charge on any atom is -0.322 e. The Morgan fingerprint density at radius 3 is 3.00 bits per heavy atom. The highest BCUT2D eigenvalue weighted by molar-refractivity contribution is 5.35. The summed E-state index contributed by atoms with van der Waals surface area (Å²) in [7, 11) is 0. The smallest absolute Gasteiger partial charge is 0.0661 e. The van der Waals surface area contributed by atoms with Gasteiger partial charge in [-0.25, -0.2) is 0 Å². The summed E-state index contributed by atoms with van der Waals surface area (Å²) in [4.78, 5) is 1.96. The second kappa shape index (κ2) is 2.31. The van der Waals surface area contributed by atoms with Crippen LogP contribution in [0.4, 0.5) is 0 Å². The van der Waals surface area contributed by atoms with Gasteiger partial charge in [-0.05, 0) is 12.2 Å². The average Bonchev–Trinajstić information content (AvgIpc) is 2.06. The van der Waals surface area contributed by atoms with Gasteiger partial charge in [-0.1, -0.05) is 12.2 Å². The van der Waals surface area contributed by atoms with Gasteiger partial charge in [0, 0.05) is 18.8 Å². The van der Waals surface area contributed by atoms with Crippen molar-refractivity contribution in [2.24, 2.45) is 0 Å². The number of nitrogens with one attached hydrogen (secondary N) is 1. The summed E-state index contributed by atoms with van der Waals surface area (Å²) >= 11 is 0. The molecule has 0 aliphatic carbocycles. The van der Waals surface area contributed by atoms with Crippen molar-refractivity contribution in [3.8, 4) is 0 Å². The van der Waals surface area contributed by atoms with Crippen LogP contribution in [0.2, 0.25) is 0 Å². The lowest BCUT2D eigenvalue weighted by Gasteiger charge is -2.23. The molecule has 1 N–H and O–H groups in total. The molecular formula is C9H9N2. The van der Waals surface area contributed by atoms with E-state index in [0.29, 0.717) is 5.70 Å². The van der Waals surface area contributed by atoms with Gasteiger partial charge in [0.05, 0.1) is 11.4 Å². The van der Waals surface area contributed by atoms with Gasteiger partial charge < -0.3 is 10.6 Å². The van der Waals surface area contributed by atoms with Gasteiger partial charge in [0.2, 0.25) is 0 Å². The number of fused-ring (bicyclic) bond motifs is 1. The summed E-state index contributed by atoms with van der Waals surface area (Å²) in [6.45, 7) is 0. The minimum atomic E-state index is 0.688. The molecule has 2 aliphatic rings. The van der Waals surface area contributed by atoms with E-state index in [0.717, 1.165) is 12.1 Å². The zero-order chi connectivity index (χ0) is 7.68. The van der Waals surface area contributed by atoms with Gasteiger partial charge in [0.1, 0.15) is 0 Å². The van der Waals surface area contributed by atoms with Crippen LogP contribution >= 0.6 is 0 Å². The zero-order valence-electron chi connectivity index (χ0n) is 6.12. The first-order valence-electron chi connectivity index (χ1n) is 3.62. The maximum absolute atomic E-state index is 7.60. The Bertz CT molecular complexity index is 282. The molecule has 0 aromatic heterocycles. The molecule has 0 amide bonds. The first-order valence-corrected chi connectivity index (χ1v) is 3.62. The Labute approximate surface area is 66.0 Å². The van der Waals surface area contributed by atoms with E-state index in [4.69, 9.17) is 5.73 Å². The van der Waals surface area contributed by atoms with Gasteiger partial charge in [0.15, 0.2) is 0 Å². The van der Waals surface area contributed by atoms with Crippen molar-refractivity contribution < 1.29 is 0 Å². The van der Waals surface area contributed by atoms with Crippen molar-refractivity contribution in [1.29, 1.82) is 0 Å². The van der Waals surface area contributed by atoms with Crippen LogP contribution in [0.3, 0.4) is 0 Å². The highest BCUT2D eigenvalue weighted by Crippen LogP contribution is 2.21. The van der Waals surface area contributed by atoms with E-state index in [-0.39, 0.29) is 0 Å². The van der Waals surface area contributed by atoms with E-state index in [2.05, 4.69) is 0 Å². The SMILES string of the molecule is [NH]C1=C2C=CC=CN2C=CC1. The summed E-state index contributed by atoms with van der Waals surface area (Å²) < 4.78 is 0. The highest BCUT2D eigenvalue weighted by atomic mass is 15.1. The predicted octanol–water partition coefficient (Wildman–Crippen LogP) is 1.78. The lowest BCUT2D eigenvalue weighted by atomic mass is 10.1. The molecular weight excluding hydrogens is 136 g/mol. The Balaban J connectivity index is 2.40. The minimum absolute atomic E-state index is 0.688. The van der Waals surface area contributed by atoms with Crippen molar-refractivity contribution in [2.45, 2.75) is 6.42 Å². The van der Waals surface area contributed by atoms with Crippen LogP contribution in [0, 0.1) is 0 Å². The van der Waals surface area contributed by atoms with Crippen LogP contribution < -0.4 is 5.73 Å². The molecule has 2 heteroatoms. The fourth-order valence-electron chi connectivity index (χ4n) is 1.23. The van der Waals surface area contributed by atoms with Crippen LogP contribution in [0.1, 0.15) is 6.42 Å². The fourth-order valence-corrected chi connectivity index (χ4v) is 1.23. The maximum Gasteiger partial charge on any atom is 0.0661 e. The summed E-state index contributed by atoms with van der Waals surface area (Å²) in [5.74, 6) is 0. The Morgan fingerprint density at radius 1 is 1.27 bits per heavy atom. The molecule has 0 aromatic rings. The summed E-state index contributed by atoms with van der Waals surface area (Å²) in [6, 6.07) is 0. The molecule has 2 aliphatic heterocycles. The molecule has 0 bridgehead atoms. The van der Waals surface area contributed by atoms with Crippen molar-refractivity contribution >= 4 is 0 Å². The number of hydrogen-bond donors (Lipinski definition) is 0. The number of allylic oxidation sites excluding steroid dienone is 4. The predicted molar refractivity (Wildman–Crippen MR) is 44.0 cm³/mol. The molecule has 11 heavy (non-hydrogen) atoms. The molecule has 0 saturated heterocycles. The van der Waals surface area contributed by atoms with E-state index in [1.54, 1.807) is 0 Å². The number of rotatable bonds is 0. The quantitative estimate of drug-likeness (QED) is 0.510. The lowest BCUT2D eigenvalue weighted by Crippen LogP contribution is -2.15. The third kappa shape index (κ3) is 0.963. The monoisotopic (exact) mass is 145 g/mol. The molecule has 2 nitrogen and oxygen atoms in total. The van der Waals surface area contributed by atoms with Gasteiger partial charge >= 0.3 is 0 Å². The van der Waals surface area contributed by atoms with E-state index in [9.17, 15) is 0 Å². The first-order chi connectivity index (χ1) is 5.38. The first kappa shape index (κ1) is 6.28. The molecule has 2 heterocycles. The molecule has 1 radical (unpaired) electrons. The largest absolute Gasteiger partial charge is 0.322 e. The fraction of sp³-hybridized carbons (Fsp3) is 0.111.